The topological polar surface area (TPSA) is 76.2 Å². The fraction of sp³-hybridized carbons (Fsp3) is 0.353. The molecule has 1 aliphatic heterocycles. The molecule has 124 valence electrons. The van der Waals surface area contributed by atoms with E-state index in [4.69, 9.17) is 0 Å². The quantitative estimate of drug-likeness (QED) is 0.762. The van der Waals surface area contributed by atoms with E-state index in [2.05, 4.69) is 10.2 Å². The van der Waals surface area contributed by atoms with Crippen molar-refractivity contribution in [2.75, 3.05) is 6.54 Å². The smallest absolute Gasteiger partial charge is 0.275 e. The Kier molecular flexibility index (Phi) is 3.38. The molecule has 24 heavy (non-hydrogen) atoms. The predicted octanol–water partition coefficient (Wildman–Crippen LogP) is 0.998. The van der Waals surface area contributed by atoms with Crippen LogP contribution in [0.15, 0.2) is 24.3 Å². The first kappa shape index (κ1) is 14.9. The third kappa shape index (κ3) is 2.12. The van der Waals surface area contributed by atoms with E-state index >= 15 is 0 Å². The lowest BCUT2D eigenvalue weighted by molar-refractivity contribution is 0.0727. The maximum atomic E-state index is 13.0. The van der Waals surface area contributed by atoms with Gasteiger partial charge in [-0.25, -0.2) is 0 Å². The molecular formula is C17H19N5O2. The highest BCUT2D eigenvalue weighted by atomic mass is 16.3. The van der Waals surface area contributed by atoms with Crippen molar-refractivity contribution in [2.24, 2.45) is 14.1 Å². The Morgan fingerprint density at radius 1 is 1.21 bits per heavy atom. The minimum Gasteiger partial charge on any atom is -0.390 e. The van der Waals surface area contributed by atoms with Crippen LogP contribution in [0.5, 0.6) is 0 Å². The van der Waals surface area contributed by atoms with E-state index in [1.165, 1.54) is 0 Å². The molecule has 0 atom stereocenters. The summed E-state index contributed by atoms with van der Waals surface area (Å²) in [4.78, 5) is 14.8. The summed E-state index contributed by atoms with van der Waals surface area (Å²) in [6.07, 6.45) is 0.731. The fourth-order valence-corrected chi connectivity index (χ4v) is 3.49. The second-order valence-corrected chi connectivity index (χ2v) is 6.12. The summed E-state index contributed by atoms with van der Waals surface area (Å²) in [7, 11) is 3.72. The average Bonchev–Trinajstić information content (AvgIpc) is 3.12. The number of para-hydroxylation sites is 1. The number of nitrogens with zero attached hydrogens (tertiary/aromatic N) is 5. The SMILES string of the molecule is Cn1nc(CO)c2c1CCN(C(=O)c1nn(C)c3ccccc13)C2. The Morgan fingerprint density at radius 2 is 2.00 bits per heavy atom. The van der Waals surface area contributed by atoms with Crippen molar-refractivity contribution in [3.63, 3.8) is 0 Å². The van der Waals surface area contributed by atoms with Crippen LogP contribution >= 0.6 is 0 Å². The van der Waals surface area contributed by atoms with Crippen molar-refractivity contribution in [3.05, 3.63) is 46.9 Å². The van der Waals surface area contributed by atoms with Gasteiger partial charge in [-0.2, -0.15) is 10.2 Å². The Hall–Kier alpha value is -2.67. The van der Waals surface area contributed by atoms with E-state index in [0.717, 1.165) is 28.6 Å². The maximum Gasteiger partial charge on any atom is 0.275 e. The zero-order chi connectivity index (χ0) is 16.8. The number of carbonyl (C=O) groups excluding carboxylic acids is 1. The van der Waals surface area contributed by atoms with Gasteiger partial charge in [-0.3, -0.25) is 14.2 Å². The highest BCUT2D eigenvalue weighted by molar-refractivity contribution is 6.04. The second-order valence-electron chi connectivity index (χ2n) is 6.12. The van der Waals surface area contributed by atoms with Crippen LogP contribution in [0, 0.1) is 0 Å². The van der Waals surface area contributed by atoms with Crippen molar-refractivity contribution in [2.45, 2.75) is 19.6 Å². The largest absolute Gasteiger partial charge is 0.390 e. The molecular weight excluding hydrogens is 306 g/mol. The molecule has 0 unspecified atom stereocenters. The number of aliphatic hydroxyl groups excluding tert-OH is 1. The molecule has 0 aliphatic carbocycles. The first-order valence-corrected chi connectivity index (χ1v) is 7.95. The Bertz CT molecular complexity index is 940. The van der Waals surface area contributed by atoms with Crippen LogP contribution in [0.1, 0.15) is 27.4 Å². The summed E-state index contributed by atoms with van der Waals surface area (Å²) in [5, 5.41) is 19.1. The zero-order valence-electron chi connectivity index (χ0n) is 13.7. The van der Waals surface area contributed by atoms with Crippen molar-refractivity contribution in [1.82, 2.24) is 24.5 Å². The standard InChI is InChI=1S/C17H19N5O2/c1-20-15-7-8-22(9-12(15)13(10-23)18-20)17(24)16-11-5-3-4-6-14(11)21(2)19-16/h3-6,23H,7-10H2,1-2H3. The molecule has 0 saturated carbocycles. The highest BCUT2D eigenvalue weighted by Crippen LogP contribution is 2.25. The van der Waals surface area contributed by atoms with Gasteiger partial charge in [-0.15, -0.1) is 0 Å². The van der Waals surface area contributed by atoms with Gasteiger partial charge in [0.25, 0.3) is 5.91 Å². The number of benzene rings is 1. The monoisotopic (exact) mass is 325 g/mol. The normalized spacial score (nSPS) is 14.2. The molecule has 7 heteroatoms. The van der Waals surface area contributed by atoms with Gasteiger partial charge in [0.1, 0.15) is 0 Å². The molecule has 0 radical (unpaired) electrons. The lowest BCUT2D eigenvalue weighted by atomic mass is 10.0. The number of rotatable bonds is 2. The number of aliphatic hydroxyl groups is 1. The van der Waals surface area contributed by atoms with Crippen LogP contribution in [0.2, 0.25) is 0 Å². The first-order valence-electron chi connectivity index (χ1n) is 7.95. The van der Waals surface area contributed by atoms with Gasteiger partial charge >= 0.3 is 0 Å². The summed E-state index contributed by atoms with van der Waals surface area (Å²) in [6.45, 7) is 0.974. The van der Waals surface area contributed by atoms with Gasteiger partial charge in [-0.1, -0.05) is 18.2 Å². The summed E-state index contributed by atoms with van der Waals surface area (Å²) in [6, 6.07) is 7.74. The fourth-order valence-electron chi connectivity index (χ4n) is 3.49. The average molecular weight is 325 g/mol. The molecule has 2 aromatic heterocycles. The molecule has 1 aromatic carbocycles. The molecule has 0 saturated heterocycles. The van der Waals surface area contributed by atoms with E-state index in [9.17, 15) is 9.90 Å². The number of hydrogen-bond acceptors (Lipinski definition) is 4. The molecule has 0 spiro atoms. The lowest BCUT2D eigenvalue weighted by Gasteiger charge is -2.27. The third-order valence-corrected chi connectivity index (χ3v) is 4.72. The predicted molar refractivity (Wildman–Crippen MR) is 88.3 cm³/mol. The number of fused-ring (bicyclic) bond motifs is 2. The van der Waals surface area contributed by atoms with Gasteiger partial charge in [0, 0.05) is 50.2 Å². The minimum absolute atomic E-state index is 0.0785. The van der Waals surface area contributed by atoms with Gasteiger partial charge in [0.2, 0.25) is 0 Å². The van der Waals surface area contributed by atoms with Gasteiger partial charge in [-0.05, 0) is 6.07 Å². The van der Waals surface area contributed by atoms with Crippen LogP contribution in [-0.2, 0) is 33.7 Å². The summed E-state index contributed by atoms with van der Waals surface area (Å²) >= 11 is 0. The summed E-state index contributed by atoms with van der Waals surface area (Å²) < 4.78 is 3.54. The number of amides is 1. The van der Waals surface area contributed by atoms with Crippen molar-refractivity contribution in [3.8, 4) is 0 Å². The zero-order valence-corrected chi connectivity index (χ0v) is 13.7. The number of aromatic nitrogens is 4. The minimum atomic E-state index is -0.113. The number of hydrogen-bond donors (Lipinski definition) is 1. The molecule has 3 aromatic rings. The van der Waals surface area contributed by atoms with Gasteiger partial charge in [0.15, 0.2) is 5.69 Å². The van der Waals surface area contributed by atoms with Crippen molar-refractivity contribution < 1.29 is 9.90 Å². The number of aryl methyl sites for hydroxylation is 2. The second kappa shape index (κ2) is 5.45. The van der Waals surface area contributed by atoms with Gasteiger partial charge in [0.05, 0.1) is 17.8 Å². The first-order chi connectivity index (χ1) is 11.6. The van der Waals surface area contributed by atoms with Crippen molar-refractivity contribution in [1.29, 1.82) is 0 Å². The molecule has 3 heterocycles. The molecule has 1 N–H and O–H groups in total. The van der Waals surface area contributed by atoms with E-state index in [1.807, 2.05) is 38.4 Å². The lowest BCUT2D eigenvalue weighted by Crippen LogP contribution is -2.36. The van der Waals surface area contributed by atoms with Gasteiger partial charge < -0.3 is 10.0 Å². The van der Waals surface area contributed by atoms with E-state index < -0.39 is 0 Å². The number of carbonyl (C=O) groups is 1. The Balaban J connectivity index is 1.70. The van der Waals surface area contributed by atoms with Crippen LogP contribution in [0.3, 0.4) is 0 Å². The Labute approximate surface area is 139 Å². The van der Waals surface area contributed by atoms with Crippen molar-refractivity contribution >= 4 is 16.8 Å². The molecule has 1 amide bonds. The van der Waals surface area contributed by atoms with E-state index in [1.54, 1.807) is 14.3 Å². The summed E-state index contributed by atoms with van der Waals surface area (Å²) in [5.74, 6) is -0.0785. The van der Waals surface area contributed by atoms with E-state index in [0.29, 0.717) is 24.5 Å². The summed E-state index contributed by atoms with van der Waals surface area (Å²) in [5.41, 5.74) is 4.12. The molecule has 1 aliphatic rings. The molecule has 0 bridgehead atoms. The van der Waals surface area contributed by atoms with Crippen LogP contribution in [0.4, 0.5) is 0 Å². The van der Waals surface area contributed by atoms with Crippen LogP contribution < -0.4 is 0 Å². The third-order valence-electron chi connectivity index (χ3n) is 4.72. The van der Waals surface area contributed by atoms with Crippen LogP contribution in [0.25, 0.3) is 10.9 Å². The van der Waals surface area contributed by atoms with E-state index in [-0.39, 0.29) is 12.5 Å². The Morgan fingerprint density at radius 3 is 2.79 bits per heavy atom. The molecule has 4 rings (SSSR count). The maximum absolute atomic E-state index is 13.0. The highest BCUT2D eigenvalue weighted by Gasteiger charge is 2.29. The molecule has 7 nitrogen and oxygen atoms in total. The molecule has 0 fully saturated rings. The van der Waals surface area contributed by atoms with Crippen LogP contribution in [-0.4, -0.2) is 42.0 Å².